The zero-order valence-corrected chi connectivity index (χ0v) is 19.6. The molecule has 0 saturated carbocycles. The number of carbonyl (C=O) groups excluding carboxylic acids is 1. The number of anilines is 1. The molecule has 2 aromatic carbocycles. The summed E-state index contributed by atoms with van der Waals surface area (Å²) in [6, 6.07) is 20.0. The van der Waals surface area contributed by atoms with Crippen LogP contribution in [0.4, 0.5) is 10.1 Å². The van der Waals surface area contributed by atoms with Gasteiger partial charge in [-0.05, 0) is 43.3 Å². The summed E-state index contributed by atoms with van der Waals surface area (Å²) in [5, 5.41) is 3.17. The molecule has 0 saturated heterocycles. The zero-order valence-electron chi connectivity index (χ0n) is 19.6. The van der Waals surface area contributed by atoms with Crippen molar-refractivity contribution < 1.29 is 9.18 Å². The molecule has 8 nitrogen and oxygen atoms in total. The number of aromatic nitrogens is 4. The molecule has 1 amide bonds. The van der Waals surface area contributed by atoms with Crippen molar-refractivity contribution in [2.24, 2.45) is 7.05 Å². The van der Waals surface area contributed by atoms with Gasteiger partial charge in [-0.25, -0.2) is 14.1 Å². The Bertz CT molecular complexity index is 1730. The van der Waals surface area contributed by atoms with Crippen LogP contribution < -0.4 is 16.4 Å². The van der Waals surface area contributed by atoms with Gasteiger partial charge in [0.25, 0.3) is 17.0 Å². The van der Waals surface area contributed by atoms with Gasteiger partial charge >= 0.3 is 0 Å². The van der Waals surface area contributed by atoms with E-state index in [4.69, 9.17) is 0 Å². The average Bonchev–Trinajstić information content (AvgIpc) is 3.10. The number of hydrogen-bond acceptors (Lipinski definition) is 4. The zero-order chi connectivity index (χ0) is 25.4. The van der Waals surface area contributed by atoms with E-state index in [0.29, 0.717) is 22.4 Å². The molecule has 0 radical (unpaired) electrons. The maximum absolute atomic E-state index is 14.4. The Hall–Kier alpha value is -4.79. The van der Waals surface area contributed by atoms with E-state index in [-0.39, 0.29) is 23.4 Å². The minimum absolute atomic E-state index is 0.0673. The second kappa shape index (κ2) is 9.10. The maximum Gasteiger partial charge on any atom is 0.295 e. The highest BCUT2D eigenvalue weighted by Crippen LogP contribution is 2.17. The normalized spacial score (nSPS) is 11.1. The van der Waals surface area contributed by atoms with Crippen LogP contribution in [0.1, 0.15) is 21.6 Å². The van der Waals surface area contributed by atoms with E-state index in [0.717, 1.165) is 0 Å². The van der Waals surface area contributed by atoms with Crippen LogP contribution in [0, 0.1) is 12.7 Å². The van der Waals surface area contributed by atoms with Crippen LogP contribution in [-0.4, -0.2) is 24.8 Å². The lowest BCUT2D eigenvalue weighted by Gasteiger charge is -2.12. The third-order valence-corrected chi connectivity index (χ3v) is 6.17. The Balaban J connectivity index is 1.59. The van der Waals surface area contributed by atoms with E-state index in [1.165, 1.54) is 27.6 Å². The molecule has 36 heavy (non-hydrogen) atoms. The lowest BCUT2D eigenvalue weighted by Crippen LogP contribution is -2.31. The lowest BCUT2D eigenvalue weighted by molar-refractivity contribution is 0.102. The molecule has 0 unspecified atom stereocenters. The summed E-state index contributed by atoms with van der Waals surface area (Å²) in [6.45, 7) is 1.60. The number of amides is 1. The van der Waals surface area contributed by atoms with Gasteiger partial charge in [-0.1, -0.05) is 36.4 Å². The van der Waals surface area contributed by atoms with Gasteiger partial charge in [-0.2, -0.15) is 0 Å². The van der Waals surface area contributed by atoms with Crippen molar-refractivity contribution in [1.82, 2.24) is 18.9 Å². The second-order valence-electron chi connectivity index (χ2n) is 8.35. The van der Waals surface area contributed by atoms with Gasteiger partial charge in [0.15, 0.2) is 0 Å². The summed E-state index contributed by atoms with van der Waals surface area (Å²) in [6.07, 6.45) is 1.53. The van der Waals surface area contributed by atoms with E-state index in [2.05, 4.69) is 10.3 Å². The second-order valence-corrected chi connectivity index (χ2v) is 8.35. The molecule has 0 aliphatic carbocycles. The van der Waals surface area contributed by atoms with Gasteiger partial charge < -0.3 is 5.32 Å². The molecule has 0 aliphatic heterocycles. The first kappa shape index (κ1) is 23.0. The Morgan fingerprint density at radius 2 is 1.69 bits per heavy atom. The lowest BCUT2D eigenvalue weighted by atomic mass is 10.1. The van der Waals surface area contributed by atoms with E-state index in [1.54, 1.807) is 61.1 Å². The topological polar surface area (TPSA) is 90.9 Å². The van der Waals surface area contributed by atoms with Gasteiger partial charge in [0, 0.05) is 24.2 Å². The van der Waals surface area contributed by atoms with Crippen molar-refractivity contribution in [2.75, 3.05) is 5.32 Å². The first-order valence-electron chi connectivity index (χ1n) is 11.2. The Kier molecular flexibility index (Phi) is 5.81. The largest absolute Gasteiger partial charge is 0.316 e. The average molecular weight is 484 g/mol. The first-order valence-corrected chi connectivity index (χ1v) is 11.2. The van der Waals surface area contributed by atoms with E-state index in [1.807, 2.05) is 18.2 Å². The van der Waals surface area contributed by atoms with Gasteiger partial charge in [0.05, 0.1) is 17.9 Å². The Labute approximate surface area is 204 Å². The summed E-state index contributed by atoms with van der Waals surface area (Å²) in [7, 11) is 1.71. The van der Waals surface area contributed by atoms with Crippen molar-refractivity contribution >= 4 is 22.6 Å². The third-order valence-electron chi connectivity index (χ3n) is 6.17. The monoisotopic (exact) mass is 483 g/mol. The highest BCUT2D eigenvalue weighted by molar-refractivity contribution is 6.05. The molecule has 1 N–H and O–H groups in total. The van der Waals surface area contributed by atoms with E-state index < -0.39 is 22.8 Å². The molecule has 3 heterocycles. The minimum atomic E-state index is -0.737. The molecular formula is C27H22FN5O3. The number of halogens is 1. The molecule has 0 atom stereocenters. The van der Waals surface area contributed by atoms with Crippen molar-refractivity contribution in [1.29, 1.82) is 0 Å². The van der Waals surface area contributed by atoms with Crippen LogP contribution in [0.25, 0.3) is 16.7 Å². The molecule has 0 fully saturated rings. The number of rotatable bonds is 5. The van der Waals surface area contributed by atoms with Crippen LogP contribution in [0.15, 0.2) is 88.6 Å². The standard InChI is InChI=1S/C27H22FN5O3/c1-17-23(27(36)33(31(17)2)20-11-4-3-5-12-20)30-25(34)21-15-18-10-8-14-29-24(18)32(26(21)35)16-19-9-6-7-13-22(19)28/h3-15H,16H2,1-2H3,(H,30,34). The maximum atomic E-state index is 14.4. The summed E-state index contributed by atoms with van der Waals surface area (Å²) < 4.78 is 18.7. The number of hydrogen-bond donors (Lipinski definition) is 1. The van der Waals surface area contributed by atoms with Gasteiger partial charge in [-0.15, -0.1) is 0 Å². The molecule has 5 rings (SSSR count). The van der Waals surface area contributed by atoms with Crippen LogP contribution in [0.2, 0.25) is 0 Å². The molecular weight excluding hydrogens is 461 g/mol. The summed E-state index contributed by atoms with van der Waals surface area (Å²) >= 11 is 0. The number of benzene rings is 2. The van der Waals surface area contributed by atoms with Gasteiger partial charge in [0.1, 0.15) is 22.7 Å². The summed E-state index contributed by atoms with van der Waals surface area (Å²) in [5.41, 5.74) is 0.586. The van der Waals surface area contributed by atoms with Crippen molar-refractivity contribution in [2.45, 2.75) is 13.5 Å². The number of nitrogens with zero attached hydrogens (tertiary/aromatic N) is 4. The summed E-state index contributed by atoms with van der Waals surface area (Å²) in [5.74, 6) is -1.20. The molecule has 0 spiro atoms. The smallest absolute Gasteiger partial charge is 0.295 e. The number of carbonyl (C=O) groups is 1. The van der Waals surface area contributed by atoms with Gasteiger partial charge in [-0.3, -0.25) is 23.6 Å². The number of fused-ring (bicyclic) bond motifs is 1. The van der Waals surface area contributed by atoms with Crippen molar-refractivity contribution in [3.8, 4) is 5.69 Å². The van der Waals surface area contributed by atoms with Crippen LogP contribution in [0.5, 0.6) is 0 Å². The fourth-order valence-corrected chi connectivity index (χ4v) is 4.21. The molecule has 0 aliphatic rings. The summed E-state index contributed by atoms with van der Waals surface area (Å²) in [4.78, 5) is 44.3. The first-order chi connectivity index (χ1) is 17.4. The fourth-order valence-electron chi connectivity index (χ4n) is 4.21. The Morgan fingerprint density at radius 3 is 2.44 bits per heavy atom. The van der Waals surface area contributed by atoms with Crippen LogP contribution >= 0.6 is 0 Å². The number of para-hydroxylation sites is 1. The Morgan fingerprint density at radius 1 is 0.972 bits per heavy atom. The predicted molar refractivity (Wildman–Crippen MR) is 135 cm³/mol. The van der Waals surface area contributed by atoms with Gasteiger partial charge in [0.2, 0.25) is 0 Å². The third kappa shape index (κ3) is 3.90. The fraction of sp³-hybridized carbons (Fsp3) is 0.111. The number of pyridine rings is 2. The van der Waals surface area contributed by atoms with Crippen molar-refractivity contribution in [3.05, 3.63) is 122 Å². The molecule has 180 valence electrons. The highest BCUT2D eigenvalue weighted by atomic mass is 19.1. The van der Waals surface area contributed by atoms with Crippen LogP contribution in [-0.2, 0) is 13.6 Å². The van der Waals surface area contributed by atoms with E-state index in [9.17, 15) is 18.8 Å². The molecule has 5 aromatic rings. The SMILES string of the molecule is Cc1c(NC(=O)c2cc3cccnc3n(Cc3ccccc3F)c2=O)c(=O)n(-c2ccccc2)n1C. The molecule has 3 aromatic heterocycles. The molecule has 9 heteroatoms. The van der Waals surface area contributed by atoms with Crippen LogP contribution in [0.3, 0.4) is 0 Å². The quantitative estimate of drug-likeness (QED) is 0.413. The predicted octanol–water partition coefficient (Wildman–Crippen LogP) is 3.63. The van der Waals surface area contributed by atoms with Crippen molar-refractivity contribution in [3.63, 3.8) is 0 Å². The van der Waals surface area contributed by atoms with E-state index >= 15 is 0 Å². The molecule has 0 bridgehead atoms. The number of nitrogens with one attached hydrogen (secondary N) is 1. The minimum Gasteiger partial charge on any atom is -0.316 e. The highest BCUT2D eigenvalue weighted by Gasteiger charge is 2.22.